The molecule has 0 aliphatic carbocycles. The Kier molecular flexibility index (Phi) is 3.35. The van der Waals surface area contributed by atoms with Gasteiger partial charge in [0, 0.05) is 17.6 Å². The molecule has 1 unspecified atom stereocenters. The van der Waals surface area contributed by atoms with Crippen molar-refractivity contribution in [2.75, 3.05) is 5.73 Å². The zero-order valence-electron chi connectivity index (χ0n) is 10.7. The van der Waals surface area contributed by atoms with E-state index in [2.05, 4.69) is 9.97 Å². The van der Waals surface area contributed by atoms with Crippen molar-refractivity contribution >= 4 is 39.9 Å². The molecule has 2 N–H and O–H groups in total. The van der Waals surface area contributed by atoms with Gasteiger partial charge in [-0.15, -0.1) is 11.3 Å². The smallest absolute Gasteiger partial charge is 0.201 e. The SMILES string of the molecule is CCC(c1nccs1)n1c(N)nc2cc(F)c(Cl)cc21. The molecule has 3 aromatic rings. The standard InChI is InChI=1S/C13H12ClFN4S/c1-2-10(12-17-3-4-20-12)19-11-5-7(14)8(15)6-9(11)18-13(19)16/h3-6,10H,2H2,1H3,(H2,16,18). The van der Waals surface area contributed by atoms with Gasteiger partial charge >= 0.3 is 0 Å². The number of hydrogen-bond donors (Lipinski definition) is 1. The van der Waals surface area contributed by atoms with Gasteiger partial charge in [-0.05, 0) is 12.5 Å². The minimum atomic E-state index is -0.494. The second-order valence-corrected chi connectivity index (χ2v) is 5.72. The minimum absolute atomic E-state index is 0.0264. The van der Waals surface area contributed by atoms with Crippen LogP contribution in [0, 0.1) is 5.82 Å². The Morgan fingerprint density at radius 2 is 2.30 bits per heavy atom. The topological polar surface area (TPSA) is 56.7 Å². The van der Waals surface area contributed by atoms with Gasteiger partial charge in [0.25, 0.3) is 0 Å². The fourth-order valence-corrected chi connectivity index (χ4v) is 3.27. The van der Waals surface area contributed by atoms with Gasteiger partial charge in [0.15, 0.2) is 0 Å². The average molecular weight is 311 g/mol. The number of fused-ring (bicyclic) bond motifs is 1. The first-order valence-electron chi connectivity index (χ1n) is 6.13. The predicted molar refractivity (Wildman–Crippen MR) is 79.7 cm³/mol. The maximum absolute atomic E-state index is 13.5. The molecular formula is C13H12ClFN4S. The summed E-state index contributed by atoms with van der Waals surface area (Å²) < 4.78 is 15.4. The first-order valence-corrected chi connectivity index (χ1v) is 7.39. The summed E-state index contributed by atoms with van der Waals surface area (Å²) in [7, 11) is 0. The van der Waals surface area contributed by atoms with Crippen LogP contribution in [0.4, 0.5) is 10.3 Å². The van der Waals surface area contributed by atoms with E-state index in [4.69, 9.17) is 17.3 Å². The van der Waals surface area contributed by atoms with E-state index in [1.807, 2.05) is 16.9 Å². The van der Waals surface area contributed by atoms with Crippen molar-refractivity contribution < 1.29 is 4.39 Å². The summed E-state index contributed by atoms with van der Waals surface area (Å²) in [6, 6.07) is 2.84. The van der Waals surface area contributed by atoms with Crippen LogP contribution in [0.15, 0.2) is 23.7 Å². The number of aromatic nitrogens is 3. The lowest BCUT2D eigenvalue weighted by Crippen LogP contribution is -2.12. The molecule has 0 aliphatic heterocycles. The molecule has 0 saturated carbocycles. The fraction of sp³-hybridized carbons (Fsp3) is 0.231. The van der Waals surface area contributed by atoms with E-state index in [1.54, 1.807) is 23.6 Å². The van der Waals surface area contributed by atoms with E-state index in [1.165, 1.54) is 6.07 Å². The van der Waals surface area contributed by atoms with Crippen molar-refractivity contribution in [2.45, 2.75) is 19.4 Å². The third-order valence-electron chi connectivity index (χ3n) is 3.19. The summed E-state index contributed by atoms with van der Waals surface area (Å²) in [6.07, 6.45) is 2.56. The highest BCUT2D eigenvalue weighted by molar-refractivity contribution is 7.09. The normalized spacial score (nSPS) is 12.9. The monoisotopic (exact) mass is 310 g/mol. The van der Waals surface area contributed by atoms with E-state index >= 15 is 0 Å². The Bertz CT molecular complexity index is 753. The van der Waals surface area contributed by atoms with Crippen LogP contribution in [0.25, 0.3) is 11.0 Å². The first-order chi connectivity index (χ1) is 9.61. The van der Waals surface area contributed by atoms with Crippen molar-refractivity contribution in [3.63, 3.8) is 0 Å². The zero-order chi connectivity index (χ0) is 14.3. The van der Waals surface area contributed by atoms with Gasteiger partial charge in [0.1, 0.15) is 10.8 Å². The largest absolute Gasteiger partial charge is 0.369 e. The van der Waals surface area contributed by atoms with Crippen LogP contribution in [-0.4, -0.2) is 14.5 Å². The molecule has 7 heteroatoms. The molecule has 2 heterocycles. The average Bonchev–Trinajstić information content (AvgIpc) is 3.02. The third kappa shape index (κ3) is 2.05. The highest BCUT2D eigenvalue weighted by atomic mass is 35.5. The van der Waals surface area contributed by atoms with E-state index in [0.29, 0.717) is 11.5 Å². The van der Waals surface area contributed by atoms with Gasteiger partial charge in [-0.1, -0.05) is 18.5 Å². The number of nitrogen functional groups attached to an aromatic ring is 1. The quantitative estimate of drug-likeness (QED) is 0.799. The van der Waals surface area contributed by atoms with Crippen LogP contribution in [0.3, 0.4) is 0 Å². The third-order valence-corrected chi connectivity index (χ3v) is 4.36. The molecule has 104 valence electrons. The van der Waals surface area contributed by atoms with E-state index in [9.17, 15) is 4.39 Å². The number of hydrogen-bond acceptors (Lipinski definition) is 4. The fourth-order valence-electron chi connectivity index (χ4n) is 2.30. The van der Waals surface area contributed by atoms with Crippen molar-refractivity contribution in [2.24, 2.45) is 0 Å². The number of thiazole rings is 1. The summed E-state index contributed by atoms with van der Waals surface area (Å²) in [5.41, 5.74) is 7.22. The Morgan fingerprint density at radius 1 is 1.50 bits per heavy atom. The molecule has 1 atom stereocenters. The van der Waals surface area contributed by atoms with Crippen LogP contribution < -0.4 is 5.73 Å². The van der Waals surface area contributed by atoms with Crippen LogP contribution in [0.2, 0.25) is 5.02 Å². The Balaban J connectivity index is 2.24. The Hall–Kier alpha value is -1.66. The van der Waals surface area contributed by atoms with Gasteiger partial charge < -0.3 is 10.3 Å². The van der Waals surface area contributed by atoms with Gasteiger partial charge in [0.05, 0.1) is 22.1 Å². The summed E-state index contributed by atoms with van der Waals surface area (Å²) in [6.45, 7) is 2.04. The molecular weight excluding hydrogens is 299 g/mol. The van der Waals surface area contributed by atoms with E-state index in [0.717, 1.165) is 16.9 Å². The van der Waals surface area contributed by atoms with Crippen LogP contribution >= 0.6 is 22.9 Å². The first kappa shape index (κ1) is 13.3. The highest BCUT2D eigenvalue weighted by Gasteiger charge is 2.21. The summed E-state index contributed by atoms with van der Waals surface area (Å²) in [4.78, 5) is 8.55. The molecule has 3 rings (SSSR count). The molecule has 1 aromatic carbocycles. The molecule has 0 bridgehead atoms. The maximum atomic E-state index is 13.5. The zero-order valence-corrected chi connectivity index (χ0v) is 12.2. The number of nitrogens with zero attached hydrogens (tertiary/aromatic N) is 3. The number of rotatable bonds is 3. The van der Waals surface area contributed by atoms with Crippen molar-refractivity contribution in [3.8, 4) is 0 Å². The van der Waals surface area contributed by atoms with Crippen LogP contribution in [0.1, 0.15) is 24.4 Å². The lowest BCUT2D eigenvalue weighted by Gasteiger charge is -2.16. The molecule has 0 saturated heterocycles. The summed E-state index contributed by atoms with van der Waals surface area (Å²) >= 11 is 7.43. The predicted octanol–water partition coefficient (Wildman–Crippen LogP) is 3.87. The number of benzene rings is 1. The molecule has 0 aliphatic rings. The summed E-state index contributed by atoms with van der Waals surface area (Å²) in [5.74, 6) is -0.158. The van der Waals surface area contributed by atoms with Crippen molar-refractivity contribution in [1.29, 1.82) is 0 Å². The minimum Gasteiger partial charge on any atom is -0.369 e. The Morgan fingerprint density at radius 3 is 2.95 bits per heavy atom. The van der Waals surface area contributed by atoms with Gasteiger partial charge in [0.2, 0.25) is 5.95 Å². The molecule has 4 nitrogen and oxygen atoms in total. The lowest BCUT2D eigenvalue weighted by atomic mass is 10.2. The molecule has 2 aromatic heterocycles. The number of nitrogens with two attached hydrogens (primary N) is 1. The van der Waals surface area contributed by atoms with Crippen molar-refractivity contribution in [1.82, 2.24) is 14.5 Å². The van der Waals surface area contributed by atoms with E-state index < -0.39 is 5.82 Å². The second kappa shape index (κ2) is 5.03. The summed E-state index contributed by atoms with van der Waals surface area (Å²) in [5, 5.41) is 2.92. The van der Waals surface area contributed by atoms with Crippen LogP contribution in [0.5, 0.6) is 0 Å². The molecule has 0 spiro atoms. The lowest BCUT2D eigenvalue weighted by molar-refractivity contribution is 0.585. The highest BCUT2D eigenvalue weighted by Crippen LogP contribution is 2.32. The maximum Gasteiger partial charge on any atom is 0.201 e. The number of imidazole rings is 1. The molecule has 20 heavy (non-hydrogen) atoms. The van der Waals surface area contributed by atoms with Gasteiger partial charge in [-0.3, -0.25) is 0 Å². The Labute approximate surface area is 124 Å². The molecule has 0 radical (unpaired) electrons. The van der Waals surface area contributed by atoms with Crippen molar-refractivity contribution in [3.05, 3.63) is 39.6 Å². The number of anilines is 1. The van der Waals surface area contributed by atoms with Gasteiger partial charge in [-0.2, -0.15) is 0 Å². The molecule has 0 fully saturated rings. The number of halogens is 2. The van der Waals surface area contributed by atoms with Crippen LogP contribution in [-0.2, 0) is 0 Å². The van der Waals surface area contributed by atoms with Gasteiger partial charge in [-0.25, -0.2) is 14.4 Å². The second-order valence-electron chi connectivity index (χ2n) is 4.39. The van der Waals surface area contributed by atoms with E-state index in [-0.39, 0.29) is 11.1 Å². The molecule has 0 amide bonds.